The monoisotopic (exact) mass is 886 g/mol. The summed E-state index contributed by atoms with van der Waals surface area (Å²) in [5.41, 5.74) is 0. The van der Waals surface area contributed by atoms with Crippen LogP contribution in [0, 0.1) is 0 Å². The molecule has 3 atom stereocenters. The van der Waals surface area contributed by atoms with Gasteiger partial charge in [0, 0.05) is 6.42 Å². The van der Waals surface area contributed by atoms with E-state index in [0.29, 0.717) is 19.3 Å². The normalized spacial score (nSPS) is 13.4. The fourth-order valence-corrected chi connectivity index (χ4v) is 8.56. The Morgan fingerprint density at radius 2 is 0.857 bits per heavy atom. The van der Waals surface area contributed by atoms with Crippen molar-refractivity contribution in [3.05, 3.63) is 36.5 Å². The molecule has 63 heavy (non-hydrogen) atoms. The minimum absolute atomic E-state index is 0.0765. The summed E-state index contributed by atoms with van der Waals surface area (Å²) in [6.45, 7) is 6.40. The van der Waals surface area contributed by atoms with E-state index in [1.54, 1.807) is 0 Å². The van der Waals surface area contributed by atoms with Gasteiger partial charge in [0.25, 0.3) is 0 Å². The molecule has 0 rings (SSSR count). The van der Waals surface area contributed by atoms with Crippen LogP contribution in [0.15, 0.2) is 36.5 Å². The van der Waals surface area contributed by atoms with Crippen LogP contribution >= 0.6 is 0 Å². The van der Waals surface area contributed by atoms with Gasteiger partial charge in [-0.1, -0.05) is 256 Å². The average molecular weight is 886 g/mol. The number of allylic oxidation sites excluding steroid dienone is 6. The highest BCUT2D eigenvalue weighted by Crippen LogP contribution is 2.19. The molecule has 0 saturated heterocycles. The Kier molecular flexibility index (Phi) is 49.5. The van der Waals surface area contributed by atoms with Crippen LogP contribution in [0.5, 0.6) is 0 Å². The van der Waals surface area contributed by atoms with E-state index in [1.165, 1.54) is 173 Å². The van der Waals surface area contributed by atoms with Gasteiger partial charge in [0.05, 0.1) is 25.2 Å². The molecule has 6 nitrogen and oxygen atoms in total. The number of carbonyl (C=O) groups is 2. The summed E-state index contributed by atoms with van der Waals surface area (Å²) >= 11 is 0. The zero-order valence-electron chi connectivity index (χ0n) is 42.2. The van der Waals surface area contributed by atoms with Gasteiger partial charge in [-0.25, -0.2) is 0 Å². The van der Waals surface area contributed by atoms with E-state index in [9.17, 15) is 19.8 Å². The van der Waals surface area contributed by atoms with Crippen LogP contribution in [-0.4, -0.2) is 46.9 Å². The number of hydrogen-bond acceptors (Lipinski definition) is 5. The highest BCUT2D eigenvalue weighted by molar-refractivity contribution is 5.77. The van der Waals surface area contributed by atoms with Crippen LogP contribution < -0.4 is 5.32 Å². The van der Waals surface area contributed by atoms with Crippen LogP contribution in [0.4, 0.5) is 0 Å². The molecule has 3 unspecified atom stereocenters. The Balaban J connectivity index is 4.50. The lowest BCUT2D eigenvalue weighted by atomic mass is 10.0. The molecule has 0 heterocycles. The predicted octanol–water partition coefficient (Wildman–Crippen LogP) is 16.8. The lowest BCUT2D eigenvalue weighted by Gasteiger charge is -2.24. The van der Waals surface area contributed by atoms with Crippen molar-refractivity contribution in [2.45, 2.75) is 309 Å². The predicted molar refractivity (Wildman–Crippen MR) is 273 cm³/mol. The lowest BCUT2D eigenvalue weighted by Crippen LogP contribution is -2.46. The zero-order valence-corrected chi connectivity index (χ0v) is 42.2. The van der Waals surface area contributed by atoms with Crippen molar-refractivity contribution >= 4 is 11.9 Å². The van der Waals surface area contributed by atoms with Gasteiger partial charge in [-0.2, -0.15) is 0 Å². The first kappa shape index (κ1) is 61.1. The van der Waals surface area contributed by atoms with E-state index in [2.05, 4.69) is 62.5 Å². The molecule has 3 N–H and O–H groups in total. The summed E-state index contributed by atoms with van der Waals surface area (Å²) in [5.74, 6) is -0.475. The Bertz CT molecular complexity index is 1040. The van der Waals surface area contributed by atoms with Gasteiger partial charge in [-0.3, -0.25) is 9.59 Å². The molecular formula is C57H107NO5. The third-order valence-corrected chi connectivity index (χ3v) is 12.7. The third-order valence-electron chi connectivity index (χ3n) is 12.7. The first-order valence-corrected chi connectivity index (χ1v) is 27.7. The minimum atomic E-state index is -0.787. The second-order valence-corrected chi connectivity index (χ2v) is 19.0. The average Bonchev–Trinajstić information content (AvgIpc) is 3.28. The Morgan fingerprint density at radius 3 is 1.30 bits per heavy atom. The number of esters is 1. The number of hydrogen-bond donors (Lipinski definition) is 3. The molecule has 0 fully saturated rings. The van der Waals surface area contributed by atoms with Crippen LogP contribution in [-0.2, 0) is 14.3 Å². The van der Waals surface area contributed by atoms with E-state index in [4.69, 9.17) is 4.74 Å². The second-order valence-electron chi connectivity index (χ2n) is 19.0. The van der Waals surface area contributed by atoms with E-state index in [-0.39, 0.29) is 24.9 Å². The number of aliphatic hydroxyl groups excluding tert-OH is 2. The first-order chi connectivity index (χ1) is 31.0. The fraction of sp³-hybridized carbons (Fsp3) is 0.860. The van der Waals surface area contributed by atoms with Crippen LogP contribution in [0.2, 0.25) is 0 Å². The van der Waals surface area contributed by atoms with E-state index in [0.717, 1.165) is 70.6 Å². The fourth-order valence-electron chi connectivity index (χ4n) is 8.56. The van der Waals surface area contributed by atoms with Gasteiger partial charge in [0.2, 0.25) is 5.91 Å². The molecule has 0 aliphatic carbocycles. The molecule has 0 aromatic heterocycles. The molecule has 370 valence electrons. The largest absolute Gasteiger partial charge is 0.462 e. The van der Waals surface area contributed by atoms with Crippen LogP contribution in [0.25, 0.3) is 0 Å². The molecule has 0 aliphatic rings. The molecule has 0 radical (unpaired) electrons. The smallest absolute Gasteiger partial charge is 0.306 e. The highest BCUT2D eigenvalue weighted by atomic mass is 16.5. The highest BCUT2D eigenvalue weighted by Gasteiger charge is 2.24. The van der Waals surface area contributed by atoms with Gasteiger partial charge < -0.3 is 20.3 Å². The summed E-state index contributed by atoms with van der Waals surface area (Å²) in [6.07, 6.45) is 60.6. The third kappa shape index (κ3) is 46.4. The van der Waals surface area contributed by atoms with Gasteiger partial charge in [-0.05, 0) is 57.8 Å². The number of ether oxygens (including phenoxy) is 1. The van der Waals surface area contributed by atoms with Crippen LogP contribution in [0.3, 0.4) is 0 Å². The van der Waals surface area contributed by atoms with Crippen molar-refractivity contribution in [2.75, 3.05) is 6.61 Å². The van der Waals surface area contributed by atoms with Gasteiger partial charge >= 0.3 is 5.97 Å². The number of carbonyl (C=O) groups excluding carboxylic acids is 2. The quantitative estimate of drug-likeness (QED) is 0.0321. The molecule has 0 spiro atoms. The molecule has 0 aromatic rings. The van der Waals surface area contributed by atoms with Crippen molar-refractivity contribution in [2.24, 2.45) is 0 Å². The van der Waals surface area contributed by atoms with E-state index < -0.39 is 18.2 Å². The SMILES string of the molecule is CC/C=C/C/C=C/C/C=C/CCCCCCCCC(=O)OC(CCCCCCCCCCCCCC)CC(=O)NC(CO)C(O)CCCCCCCCCCCCCCCCCC. The molecule has 1 amide bonds. The lowest BCUT2D eigenvalue weighted by molar-refractivity contribution is -0.151. The Morgan fingerprint density at radius 1 is 0.476 bits per heavy atom. The second kappa shape index (κ2) is 51.1. The van der Waals surface area contributed by atoms with Gasteiger partial charge in [-0.15, -0.1) is 0 Å². The Hall–Kier alpha value is -1.92. The molecule has 0 aliphatic heterocycles. The van der Waals surface area contributed by atoms with Crippen molar-refractivity contribution in [1.82, 2.24) is 5.32 Å². The maximum absolute atomic E-state index is 13.2. The summed E-state index contributed by atoms with van der Waals surface area (Å²) in [6, 6.07) is -0.701. The van der Waals surface area contributed by atoms with Crippen molar-refractivity contribution in [3.63, 3.8) is 0 Å². The van der Waals surface area contributed by atoms with Crippen LogP contribution in [0.1, 0.15) is 290 Å². The van der Waals surface area contributed by atoms with E-state index >= 15 is 0 Å². The van der Waals surface area contributed by atoms with Crippen molar-refractivity contribution < 1.29 is 24.5 Å². The summed E-state index contributed by atoms with van der Waals surface area (Å²) in [4.78, 5) is 26.2. The standard InChI is InChI=1S/C57H107NO5/c1-4-7-10-13-16-19-22-25-27-29-31-34-37-40-43-46-49-55(60)54(52-59)58-56(61)51-53(48-45-42-39-36-33-24-21-18-15-12-9-6-3)63-57(62)50-47-44-41-38-35-32-30-28-26-23-20-17-14-11-8-5-2/h8,11,17,20,26,28,53-55,59-60H,4-7,9-10,12-16,18-19,21-25,27,29-52H2,1-3H3,(H,58,61)/b11-8+,20-17+,28-26+. The molecule has 0 saturated carbocycles. The number of amides is 1. The molecule has 0 bridgehead atoms. The number of aliphatic hydroxyl groups is 2. The zero-order chi connectivity index (χ0) is 45.9. The van der Waals surface area contributed by atoms with Crippen molar-refractivity contribution in [1.29, 1.82) is 0 Å². The summed E-state index contributed by atoms with van der Waals surface area (Å²) < 4.78 is 5.94. The topological polar surface area (TPSA) is 95.9 Å². The molecule has 0 aromatic carbocycles. The summed E-state index contributed by atoms with van der Waals surface area (Å²) in [5, 5.41) is 23.9. The number of nitrogens with one attached hydrogen (secondary N) is 1. The molecule has 6 heteroatoms. The van der Waals surface area contributed by atoms with Gasteiger partial charge in [0.1, 0.15) is 6.10 Å². The minimum Gasteiger partial charge on any atom is -0.462 e. The Labute approximate surface area is 392 Å². The number of unbranched alkanes of at least 4 members (excludes halogenated alkanes) is 32. The maximum atomic E-state index is 13.2. The van der Waals surface area contributed by atoms with E-state index in [1.807, 2.05) is 0 Å². The molecular weight excluding hydrogens is 779 g/mol. The number of rotatable bonds is 50. The maximum Gasteiger partial charge on any atom is 0.306 e. The van der Waals surface area contributed by atoms with Gasteiger partial charge in [0.15, 0.2) is 0 Å². The summed E-state index contributed by atoms with van der Waals surface area (Å²) in [7, 11) is 0. The first-order valence-electron chi connectivity index (χ1n) is 27.7. The van der Waals surface area contributed by atoms with Crippen molar-refractivity contribution in [3.8, 4) is 0 Å².